The fraction of sp³-hybridized carbons (Fsp3) is 0.360. The standard InChI is InChI=1S/C25H26FN5O2/c26-19-5-1-6-20(14-19)28-23-15-21(17-8-10-27-11-9-17)29-24(30-23)18-4-2-12-31(16-18)25(32)22-7-3-13-33-22/h1,5-6,8-11,14-15,18,22H,2-4,7,12-13,16H2,(H,28,29,30)/t18-,22+/m1/s1. The summed E-state index contributed by atoms with van der Waals surface area (Å²) in [7, 11) is 0. The molecular weight excluding hydrogens is 421 g/mol. The lowest BCUT2D eigenvalue weighted by Crippen LogP contribution is -2.44. The number of hydrogen-bond acceptors (Lipinski definition) is 6. The van der Waals surface area contributed by atoms with Gasteiger partial charge in [-0.2, -0.15) is 0 Å². The lowest BCUT2D eigenvalue weighted by molar-refractivity contribution is -0.142. The molecule has 2 fully saturated rings. The van der Waals surface area contributed by atoms with Crippen LogP contribution in [0.4, 0.5) is 15.9 Å². The Hall–Kier alpha value is -3.39. The lowest BCUT2D eigenvalue weighted by atomic mass is 9.96. The van der Waals surface area contributed by atoms with Crippen LogP contribution in [0, 0.1) is 5.82 Å². The Morgan fingerprint density at radius 3 is 2.76 bits per heavy atom. The Morgan fingerprint density at radius 2 is 1.97 bits per heavy atom. The van der Waals surface area contributed by atoms with Crippen molar-refractivity contribution in [1.82, 2.24) is 19.9 Å². The smallest absolute Gasteiger partial charge is 0.251 e. The molecule has 2 aromatic heterocycles. The molecule has 0 spiro atoms. The van der Waals surface area contributed by atoms with Crippen molar-refractivity contribution < 1.29 is 13.9 Å². The van der Waals surface area contributed by atoms with Crippen LogP contribution < -0.4 is 5.32 Å². The molecule has 0 radical (unpaired) electrons. The summed E-state index contributed by atoms with van der Waals surface area (Å²) in [5.74, 6) is 1.02. The van der Waals surface area contributed by atoms with Gasteiger partial charge in [0.25, 0.3) is 5.91 Å². The average Bonchev–Trinajstić information content (AvgIpc) is 3.39. The number of anilines is 2. The summed E-state index contributed by atoms with van der Waals surface area (Å²) in [6.07, 6.45) is 6.62. The zero-order valence-corrected chi connectivity index (χ0v) is 18.3. The number of carbonyl (C=O) groups excluding carboxylic acids is 1. The van der Waals surface area contributed by atoms with Gasteiger partial charge in [0.15, 0.2) is 0 Å². The molecule has 33 heavy (non-hydrogen) atoms. The predicted octanol–water partition coefficient (Wildman–Crippen LogP) is 4.31. The van der Waals surface area contributed by atoms with Gasteiger partial charge in [0.1, 0.15) is 23.6 Å². The first-order valence-corrected chi connectivity index (χ1v) is 11.4. The number of likely N-dealkylation sites (tertiary alicyclic amines) is 1. The number of amides is 1. The molecule has 1 amide bonds. The topological polar surface area (TPSA) is 80.2 Å². The summed E-state index contributed by atoms with van der Waals surface area (Å²) in [4.78, 5) is 28.5. The molecular formula is C25H26FN5O2. The highest BCUT2D eigenvalue weighted by Gasteiger charge is 2.33. The molecule has 2 aliphatic heterocycles. The molecule has 0 bridgehead atoms. The van der Waals surface area contributed by atoms with E-state index < -0.39 is 0 Å². The van der Waals surface area contributed by atoms with E-state index in [2.05, 4.69) is 10.3 Å². The van der Waals surface area contributed by atoms with Gasteiger partial charge >= 0.3 is 0 Å². The number of piperidine rings is 1. The number of benzene rings is 1. The third-order valence-electron chi connectivity index (χ3n) is 6.12. The van der Waals surface area contributed by atoms with Gasteiger partial charge in [0.2, 0.25) is 0 Å². The number of nitrogens with zero attached hydrogens (tertiary/aromatic N) is 4. The number of hydrogen-bond donors (Lipinski definition) is 1. The van der Waals surface area contributed by atoms with Crippen LogP contribution in [0.2, 0.25) is 0 Å². The molecule has 0 aliphatic carbocycles. The van der Waals surface area contributed by atoms with Gasteiger partial charge in [0, 0.05) is 55.3 Å². The van der Waals surface area contributed by atoms with Gasteiger partial charge in [-0.05, 0) is 56.0 Å². The van der Waals surface area contributed by atoms with Gasteiger partial charge < -0.3 is 15.0 Å². The maximum atomic E-state index is 13.7. The SMILES string of the molecule is O=C([C@@H]1CCCO1)N1CCC[C@@H](c2nc(Nc3cccc(F)c3)cc(-c3ccncc3)n2)C1. The van der Waals surface area contributed by atoms with Crippen LogP contribution in [-0.4, -0.2) is 51.6 Å². The highest BCUT2D eigenvalue weighted by Crippen LogP contribution is 2.30. The molecule has 170 valence electrons. The highest BCUT2D eigenvalue weighted by atomic mass is 19.1. The molecule has 5 rings (SSSR count). The summed E-state index contributed by atoms with van der Waals surface area (Å²) in [6.45, 7) is 1.95. The molecule has 2 atom stereocenters. The maximum Gasteiger partial charge on any atom is 0.251 e. The van der Waals surface area contributed by atoms with Crippen molar-refractivity contribution in [3.63, 3.8) is 0 Å². The first-order chi connectivity index (χ1) is 16.2. The van der Waals surface area contributed by atoms with Gasteiger partial charge in [-0.1, -0.05) is 6.07 Å². The maximum absolute atomic E-state index is 13.7. The number of aromatic nitrogens is 3. The molecule has 8 heteroatoms. The van der Waals surface area contributed by atoms with Gasteiger partial charge in [-0.3, -0.25) is 9.78 Å². The van der Waals surface area contributed by atoms with E-state index in [1.165, 1.54) is 12.1 Å². The zero-order chi connectivity index (χ0) is 22.6. The minimum Gasteiger partial charge on any atom is -0.368 e. The number of pyridine rings is 1. The van der Waals surface area contributed by atoms with Crippen LogP contribution >= 0.6 is 0 Å². The van der Waals surface area contributed by atoms with E-state index in [0.717, 1.165) is 43.5 Å². The van der Waals surface area contributed by atoms with Gasteiger partial charge in [0.05, 0.1) is 5.69 Å². The monoisotopic (exact) mass is 447 g/mol. The van der Waals surface area contributed by atoms with Gasteiger partial charge in [-0.15, -0.1) is 0 Å². The molecule has 1 aromatic carbocycles. The molecule has 2 saturated heterocycles. The molecule has 0 saturated carbocycles. The Labute approximate surface area is 192 Å². The Bertz CT molecular complexity index is 1120. The number of halogens is 1. The van der Waals surface area contributed by atoms with Crippen molar-refractivity contribution in [2.24, 2.45) is 0 Å². The molecule has 1 N–H and O–H groups in total. The number of ether oxygens (including phenoxy) is 1. The third kappa shape index (κ3) is 5.01. The first kappa shape index (κ1) is 21.5. The minimum absolute atomic E-state index is 0.0129. The summed E-state index contributed by atoms with van der Waals surface area (Å²) >= 11 is 0. The second-order valence-electron chi connectivity index (χ2n) is 8.49. The second kappa shape index (κ2) is 9.62. The van der Waals surface area contributed by atoms with E-state index in [-0.39, 0.29) is 23.7 Å². The zero-order valence-electron chi connectivity index (χ0n) is 18.3. The van der Waals surface area contributed by atoms with Crippen molar-refractivity contribution in [1.29, 1.82) is 0 Å². The summed E-state index contributed by atoms with van der Waals surface area (Å²) < 4.78 is 19.3. The summed E-state index contributed by atoms with van der Waals surface area (Å²) in [6, 6.07) is 11.9. The van der Waals surface area contributed by atoms with Crippen LogP contribution in [0.15, 0.2) is 54.9 Å². The second-order valence-corrected chi connectivity index (χ2v) is 8.49. The van der Waals surface area contributed by atoms with Crippen LogP contribution in [0.25, 0.3) is 11.3 Å². The first-order valence-electron chi connectivity index (χ1n) is 11.4. The Kier molecular flexibility index (Phi) is 6.26. The fourth-order valence-corrected chi connectivity index (χ4v) is 4.46. The highest BCUT2D eigenvalue weighted by molar-refractivity contribution is 5.81. The van der Waals surface area contributed by atoms with E-state index in [0.29, 0.717) is 30.5 Å². The minimum atomic E-state index is -0.321. The average molecular weight is 448 g/mol. The number of rotatable bonds is 5. The molecule has 4 heterocycles. The van der Waals surface area contributed by atoms with E-state index >= 15 is 0 Å². The van der Waals surface area contributed by atoms with Crippen LogP contribution in [0.3, 0.4) is 0 Å². The Morgan fingerprint density at radius 1 is 1.09 bits per heavy atom. The van der Waals surface area contributed by atoms with Crippen molar-refractivity contribution in [2.45, 2.75) is 37.7 Å². The van der Waals surface area contributed by atoms with E-state index in [1.807, 2.05) is 23.1 Å². The summed E-state index contributed by atoms with van der Waals surface area (Å²) in [5.41, 5.74) is 2.28. The Balaban J connectivity index is 1.44. The third-order valence-corrected chi connectivity index (χ3v) is 6.12. The van der Waals surface area contributed by atoms with E-state index in [4.69, 9.17) is 14.7 Å². The van der Waals surface area contributed by atoms with E-state index in [1.54, 1.807) is 24.5 Å². The molecule has 3 aromatic rings. The number of carbonyl (C=O) groups is 1. The summed E-state index contributed by atoms with van der Waals surface area (Å²) in [5, 5.41) is 3.21. The molecule has 7 nitrogen and oxygen atoms in total. The van der Waals surface area contributed by atoms with Crippen LogP contribution in [0.5, 0.6) is 0 Å². The lowest BCUT2D eigenvalue weighted by Gasteiger charge is -2.33. The molecule has 0 unspecified atom stereocenters. The fourth-order valence-electron chi connectivity index (χ4n) is 4.46. The van der Waals surface area contributed by atoms with E-state index in [9.17, 15) is 9.18 Å². The van der Waals surface area contributed by atoms with Crippen LogP contribution in [0.1, 0.15) is 37.4 Å². The predicted molar refractivity (Wildman–Crippen MR) is 122 cm³/mol. The van der Waals surface area contributed by atoms with Crippen molar-refractivity contribution >= 4 is 17.4 Å². The quantitative estimate of drug-likeness (QED) is 0.628. The van der Waals surface area contributed by atoms with Crippen LogP contribution in [-0.2, 0) is 9.53 Å². The normalized spacial score (nSPS) is 20.6. The molecule has 2 aliphatic rings. The van der Waals surface area contributed by atoms with Gasteiger partial charge in [-0.25, -0.2) is 14.4 Å². The largest absolute Gasteiger partial charge is 0.368 e. The van der Waals surface area contributed by atoms with Crippen molar-refractivity contribution in [3.05, 3.63) is 66.5 Å². The van der Waals surface area contributed by atoms with Crippen molar-refractivity contribution in [2.75, 3.05) is 25.0 Å². The van der Waals surface area contributed by atoms with Crippen molar-refractivity contribution in [3.8, 4) is 11.3 Å². The number of nitrogens with one attached hydrogen (secondary N) is 1.